The predicted octanol–water partition coefficient (Wildman–Crippen LogP) is 3.09. The van der Waals surface area contributed by atoms with Crippen molar-refractivity contribution in [3.63, 3.8) is 0 Å². The molecule has 0 saturated heterocycles. The van der Waals surface area contributed by atoms with Gasteiger partial charge in [-0.25, -0.2) is 0 Å². The van der Waals surface area contributed by atoms with Gasteiger partial charge in [0.05, 0.1) is 13.0 Å². The van der Waals surface area contributed by atoms with Crippen LogP contribution >= 0.6 is 0 Å². The van der Waals surface area contributed by atoms with Crippen molar-refractivity contribution in [2.24, 2.45) is 5.92 Å². The number of ether oxygens (including phenoxy) is 2. The maximum Gasteiger partial charge on any atom is 0.227 e. The highest BCUT2D eigenvalue weighted by atomic mass is 16.5. The maximum absolute atomic E-state index is 12.5. The van der Waals surface area contributed by atoms with Gasteiger partial charge in [0.15, 0.2) is 0 Å². The molecule has 0 bridgehead atoms. The van der Waals surface area contributed by atoms with E-state index in [1.165, 1.54) is 25.7 Å². The second-order valence-corrected chi connectivity index (χ2v) is 6.38. The van der Waals surface area contributed by atoms with Crippen LogP contribution in [0.2, 0.25) is 0 Å². The molecular formula is C18H25NO3. The zero-order chi connectivity index (χ0) is 15.4. The SMILES string of the molecule is COc1ccc2c(c1)CC(C(=O)NC1CCCCCC1)CO2. The first-order valence-corrected chi connectivity index (χ1v) is 8.36. The van der Waals surface area contributed by atoms with Crippen molar-refractivity contribution in [1.82, 2.24) is 5.32 Å². The Hall–Kier alpha value is -1.71. The van der Waals surface area contributed by atoms with Gasteiger partial charge in [0, 0.05) is 6.04 Å². The van der Waals surface area contributed by atoms with E-state index in [1.54, 1.807) is 7.11 Å². The van der Waals surface area contributed by atoms with Crippen LogP contribution in [0.25, 0.3) is 0 Å². The minimum Gasteiger partial charge on any atom is -0.497 e. The fraction of sp³-hybridized carbons (Fsp3) is 0.611. The molecule has 1 unspecified atom stereocenters. The summed E-state index contributed by atoms with van der Waals surface area (Å²) in [7, 11) is 1.65. The summed E-state index contributed by atoms with van der Waals surface area (Å²) in [6.07, 6.45) is 8.01. The Morgan fingerprint density at radius 3 is 2.73 bits per heavy atom. The lowest BCUT2D eigenvalue weighted by molar-refractivity contribution is -0.127. The predicted molar refractivity (Wildman–Crippen MR) is 85.3 cm³/mol. The van der Waals surface area contributed by atoms with E-state index in [4.69, 9.17) is 9.47 Å². The van der Waals surface area contributed by atoms with Gasteiger partial charge >= 0.3 is 0 Å². The summed E-state index contributed by atoms with van der Waals surface area (Å²) in [6.45, 7) is 0.470. The Labute approximate surface area is 132 Å². The molecule has 2 aliphatic rings. The topological polar surface area (TPSA) is 47.6 Å². The molecule has 1 amide bonds. The van der Waals surface area contributed by atoms with Crippen LogP contribution in [-0.2, 0) is 11.2 Å². The third kappa shape index (κ3) is 3.54. The van der Waals surface area contributed by atoms with Gasteiger partial charge in [-0.2, -0.15) is 0 Å². The fourth-order valence-corrected chi connectivity index (χ4v) is 3.41. The Kier molecular flexibility index (Phi) is 4.86. The van der Waals surface area contributed by atoms with E-state index in [-0.39, 0.29) is 11.8 Å². The minimum atomic E-state index is -0.0946. The first-order valence-electron chi connectivity index (χ1n) is 8.36. The molecule has 1 N–H and O–H groups in total. The lowest BCUT2D eigenvalue weighted by Gasteiger charge is -2.27. The average Bonchev–Trinajstić information content (AvgIpc) is 2.82. The number of fused-ring (bicyclic) bond motifs is 1. The number of benzene rings is 1. The van der Waals surface area contributed by atoms with Gasteiger partial charge in [0.25, 0.3) is 0 Å². The summed E-state index contributed by atoms with van der Waals surface area (Å²) in [6, 6.07) is 6.14. The molecule has 1 saturated carbocycles. The van der Waals surface area contributed by atoms with Crippen LogP contribution in [0, 0.1) is 5.92 Å². The van der Waals surface area contributed by atoms with E-state index in [2.05, 4.69) is 5.32 Å². The van der Waals surface area contributed by atoms with Crippen LogP contribution in [0.1, 0.15) is 44.1 Å². The standard InChI is InChI=1S/C18H25NO3/c1-21-16-8-9-17-13(11-16)10-14(12-22-17)18(20)19-15-6-4-2-3-5-7-15/h8-9,11,14-15H,2-7,10,12H2,1H3,(H,19,20). The van der Waals surface area contributed by atoms with E-state index in [0.717, 1.165) is 36.3 Å². The Bertz CT molecular complexity index is 521. The molecule has 1 aliphatic carbocycles. The number of hydrogen-bond acceptors (Lipinski definition) is 3. The first-order chi connectivity index (χ1) is 10.8. The zero-order valence-corrected chi connectivity index (χ0v) is 13.3. The van der Waals surface area contributed by atoms with E-state index >= 15 is 0 Å². The summed E-state index contributed by atoms with van der Waals surface area (Å²) < 4.78 is 11.0. The molecular weight excluding hydrogens is 278 g/mol. The summed E-state index contributed by atoms with van der Waals surface area (Å²) in [5, 5.41) is 3.24. The maximum atomic E-state index is 12.5. The van der Waals surface area contributed by atoms with E-state index < -0.39 is 0 Å². The zero-order valence-electron chi connectivity index (χ0n) is 13.3. The van der Waals surface area contributed by atoms with Gasteiger partial charge in [-0.05, 0) is 43.0 Å². The number of nitrogens with one attached hydrogen (secondary N) is 1. The summed E-state index contributed by atoms with van der Waals surface area (Å²) >= 11 is 0. The van der Waals surface area contributed by atoms with Gasteiger partial charge in [-0.3, -0.25) is 4.79 Å². The summed E-state index contributed by atoms with van der Waals surface area (Å²) in [5.41, 5.74) is 1.06. The van der Waals surface area contributed by atoms with Crippen LogP contribution < -0.4 is 14.8 Å². The molecule has 1 aromatic carbocycles. The van der Waals surface area contributed by atoms with Crippen molar-refractivity contribution in [3.05, 3.63) is 23.8 Å². The molecule has 0 spiro atoms. The van der Waals surface area contributed by atoms with Gasteiger partial charge in [-0.15, -0.1) is 0 Å². The molecule has 4 nitrogen and oxygen atoms in total. The molecule has 1 heterocycles. The molecule has 1 aliphatic heterocycles. The van der Waals surface area contributed by atoms with Gasteiger partial charge in [0.1, 0.15) is 18.1 Å². The second kappa shape index (κ2) is 7.03. The van der Waals surface area contributed by atoms with Crippen LogP contribution in [0.4, 0.5) is 0 Å². The lowest BCUT2D eigenvalue weighted by atomic mass is 9.95. The number of carbonyl (C=O) groups is 1. The first kappa shape index (κ1) is 15.2. The van der Waals surface area contributed by atoms with Crippen LogP contribution in [-0.4, -0.2) is 25.7 Å². The number of amides is 1. The van der Waals surface area contributed by atoms with E-state index in [1.807, 2.05) is 18.2 Å². The normalized spacial score (nSPS) is 22.1. The summed E-state index contributed by atoms with van der Waals surface area (Å²) in [5.74, 6) is 1.73. The molecule has 22 heavy (non-hydrogen) atoms. The smallest absolute Gasteiger partial charge is 0.227 e. The van der Waals surface area contributed by atoms with Gasteiger partial charge < -0.3 is 14.8 Å². The van der Waals surface area contributed by atoms with Crippen molar-refractivity contribution in [3.8, 4) is 11.5 Å². The molecule has 1 aromatic rings. The molecule has 3 rings (SSSR count). The van der Waals surface area contributed by atoms with E-state index in [9.17, 15) is 4.79 Å². The molecule has 0 aromatic heterocycles. The molecule has 1 fully saturated rings. The number of methoxy groups -OCH3 is 1. The molecule has 4 heteroatoms. The quantitative estimate of drug-likeness (QED) is 0.873. The van der Waals surface area contributed by atoms with Crippen LogP contribution in [0.15, 0.2) is 18.2 Å². The minimum absolute atomic E-state index is 0.0946. The van der Waals surface area contributed by atoms with Crippen molar-refractivity contribution < 1.29 is 14.3 Å². The van der Waals surface area contributed by atoms with E-state index in [0.29, 0.717) is 12.6 Å². The fourth-order valence-electron chi connectivity index (χ4n) is 3.41. The number of hydrogen-bond donors (Lipinski definition) is 1. The Morgan fingerprint density at radius 1 is 1.23 bits per heavy atom. The van der Waals surface area contributed by atoms with Crippen LogP contribution in [0.3, 0.4) is 0 Å². The van der Waals surface area contributed by atoms with Crippen LogP contribution in [0.5, 0.6) is 11.5 Å². The second-order valence-electron chi connectivity index (χ2n) is 6.38. The van der Waals surface area contributed by atoms with Gasteiger partial charge in [0.2, 0.25) is 5.91 Å². The summed E-state index contributed by atoms with van der Waals surface area (Å²) in [4.78, 5) is 12.5. The highest BCUT2D eigenvalue weighted by molar-refractivity contribution is 5.80. The van der Waals surface area contributed by atoms with Crippen molar-refractivity contribution in [1.29, 1.82) is 0 Å². The average molecular weight is 303 g/mol. The Balaban J connectivity index is 1.61. The number of rotatable bonds is 3. The molecule has 1 atom stereocenters. The van der Waals surface area contributed by atoms with Crippen molar-refractivity contribution in [2.45, 2.75) is 51.0 Å². The Morgan fingerprint density at radius 2 is 2.00 bits per heavy atom. The molecule has 120 valence electrons. The van der Waals surface area contributed by atoms with Gasteiger partial charge in [-0.1, -0.05) is 25.7 Å². The highest BCUT2D eigenvalue weighted by Gasteiger charge is 2.28. The third-order valence-corrected chi connectivity index (χ3v) is 4.75. The van der Waals surface area contributed by atoms with Crippen molar-refractivity contribution >= 4 is 5.91 Å². The van der Waals surface area contributed by atoms with Crippen molar-refractivity contribution in [2.75, 3.05) is 13.7 Å². The largest absolute Gasteiger partial charge is 0.497 e. The lowest BCUT2D eigenvalue weighted by Crippen LogP contribution is -2.42. The molecule has 0 radical (unpaired) electrons. The number of carbonyl (C=O) groups excluding carboxylic acids is 1. The monoisotopic (exact) mass is 303 g/mol. The highest BCUT2D eigenvalue weighted by Crippen LogP contribution is 2.31. The third-order valence-electron chi connectivity index (χ3n) is 4.75.